The molecule has 0 bridgehead atoms. The summed E-state index contributed by atoms with van der Waals surface area (Å²) in [6.45, 7) is 0.832. The van der Waals surface area contributed by atoms with Crippen molar-refractivity contribution in [1.82, 2.24) is 24.8 Å². The second-order valence-electron chi connectivity index (χ2n) is 6.39. The van der Waals surface area contributed by atoms with Crippen LogP contribution in [0.5, 0.6) is 0 Å². The fraction of sp³-hybridized carbons (Fsp3) is 0.353. The first kappa shape index (κ1) is 15.2. The van der Waals surface area contributed by atoms with Gasteiger partial charge in [-0.25, -0.2) is 0 Å². The van der Waals surface area contributed by atoms with Crippen molar-refractivity contribution in [3.05, 3.63) is 53.4 Å². The van der Waals surface area contributed by atoms with Crippen molar-refractivity contribution in [3.63, 3.8) is 0 Å². The molecular formula is C17H19ClN6. The minimum Gasteiger partial charge on any atom is -0.366 e. The van der Waals surface area contributed by atoms with Crippen LogP contribution in [0.25, 0.3) is 5.69 Å². The van der Waals surface area contributed by atoms with E-state index in [9.17, 15) is 0 Å². The van der Waals surface area contributed by atoms with Gasteiger partial charge in [0.2, 0.25) is 0 Å². The molecule has 1 aliphatic carbocycles. The summed E-state index contributed by atoms with van der Waals surface area (Å²) in [7, 11) is 1.87. The third-order valence-corrected chi connectivity index (χ3v) is 5.00. The third kappa shape index (κ3) is 2.78. The van der Waals surface area contributed by atoms with Crippen LogP contribution in [-0.4, -0.2) is 31.3 Å². The minimum atomic E-state index is 0.142. The number of hydrogen-bond donors (Lipinski definition) is 1. The smallest absolute Gasteiger partial charge is 0.169 e. The third-order valence-electron chi connectivity index (χ3n) is 4.77. The van der Waals surface area contributed by atoms with E-state index in [0.717, 1.165) is 35.9 Å². The summed E-state index contributed by atoms with van der Waals surface area (Å²) in [5, 5.41) is 17.2. The van der Waals surface area contributed by atoms with Gasteiger partial charge in [-0.2, -0.15) is 10.2 Å². The monoisotopic (exact) mass is 342 g/mol. The van der Waals surface area contributed by atoms with Gasteiger partial charge in [0.15, 0.2) is 5.82 Å². The maximum Gasteiger partial charge on any atom is 0.169 e. The lowest BCUT2D eigenvalue weighted by molar-refractivity contribution is 0.260. The molecule has 0 saturated heterocycles. The van der Waals surface area contributed by atoms with Gasteiger partial charge in [-0.3, -0.25) is 4.68 Å². The first-order valence-corrected chi connectivity index (χ1v) is 8.44. The lowest BCUT2D eigenvalue weighted by Crippen LogP contribution is -2.41. The second kappa shape index (κ2) is 5.94. The molecule has 0 atom stereocenters. The summed E-state index contributed by atoms with van der Waals surface area (Å²) in [6, 6.07) is 8.19. The molecule has 1 aliphatic rings. The fourth-order valence-corrected chi connectivity index (χ4v) is 3.42. The number of aryl methyl sites for hydroxylation is 1. The van der Waals surface area contributed by atoms with E-state index in [0.29, 0.717) is 0 Å². The van der Waals surface area contributed by atoms with Crippen LogP contribution in [-0.2, 0) is 12.5 Å². The SMILES string of the molecule is Cn1cc(-n2ncc(NCC3(c4cccc(Cl)c4)CCC3)n2)cn1. The lowest BCUT2D eigenvalue weighted by atomic mass is 9.64. The summed E-state index contributed by atoms with van der Waals surface area (Å²) in [5.41, 5.74) is 2.29. The van der Waals surface area contributed by atoms with E-state index in [1.807, 2.05) is 25.4 Å². The van der Waals surface area contributed by atoms with E-state index in [1.165, 1.54) is 12.0 Å². The first-order chi connectivity index (χ1) is 11.6. The number of benzene rings is 1. The molecule has 24 heavy (non-hydrogen) atoms. The summed E-state index contributed by atoms with van der Waals surface area (Å²) in [6.07, 6.45) is 8.94. The van der Waals surface area contributed by atoms with Crippen LogP contribution >= 0.6 is 11.6 Å². The predicted octanol–water partition coefficient (Wildman–Crippen LogP) is 3.19. The van der Waals surface area contributed by atoms with Gasteiger partial charge in [0.05, 0.1) is 18.6 Å². The topological polar surface area (TPSA) is 60.6 Å². The number of hydrogen-bond acceptors (Lipinski definition) is 4. The summed E-state index contributed by atoms with van der Waals surface area (Å²) < 4.78 is 1.73. The molecule has 1 fully saturated rings. The summed E-state index contributed by atoms with van der Waals surface area (Å²) in [4.78, 5) is 1.59. The number of aromatic nitrogens is 5. The molecule has 1 saturated carbocycles. The Morgan fingerprint density at radius 3 is 2.79 bits per heavy atom. The Morgan fingerprint density at radius 2 is 2.12 bits per heavy atom. The Balaban J connectivity index is 1.49. The predicted molar refractivity (Wildman–Crippen MR) is 93.6 cm³/mol. The highest BCUT2D eigenvalue weighted by molar-refractivity contribution is 6.30. The molecule has 0 radical (unpaired) electrons. The van der Waals surface area contributed by atoms with Gasteiger partial charge in [-0.05, 0) is 30.5 Å². The largest absolute Gasteiger partial charge is 0.366 e. The highest BCUT2D eigenvalue weighted by Gasteiger charge is 2.38. The Labute approximate surface area is 145 Å². The van der Waals surface area contributed by atoms with Crippen LogP contribution in [0.1, 0.15) is 24.8 Å². The molecule has 2 heterocycles. The number of anilines is 1. The second-order valence-corrected chi connectivity index (χ2v) is 6.83. The Morgan fingerprint density at radius 1 is 1.25 bits per heavy atom. The van der Waals surface area contributed by atoms with E-state index in [4.69, 9.17) is 11.6 Å². The van der Waals surface area contributed by atoms with Crippen molar-refractivity contribution in [1.29, 1.82) is 0 Å². The Hall–Kier alpha value is -2.34. The van der Waals surface area contributed by atoms with Gasteiger partial charge < -0.3 is 5.32 Å². The lowest BCUT2D eigenvalue weighted by Gasteiger charge is -2.42. The van der Waals surface area contributed by atoms with E-state index in [-0.39, 0.29) is 5.41 Å². The van der Waals surface area contributed by atoms with Crippen LogP contribution in [0.2, 0.25) is 5.02 Å². The van der Waals surface area contributed by atoms with Crippen molar-refractivity contribution in [2.75, 3.05) is 11.9 Å². The molecule has 0 spiro atoms. The number of rotatable bonds is 5. The molecule has 7 heteroatoms. The van der Waals surface area contributed by atoms with Crippen LogP contribution in [0.3, 0.4) is 0 Å². The molecule has 0 unspecified atom stereocenters. The van der Waals surface area contributed by atoms with Crippen LogP contribution in [0.15, 0.2) is 42.9 Å². The zero-order valence-corrected chi connectivity index (χ0v) is 14.2. The van der Waals surface area contributed by atoms with Crippen molar-refractivity contribution in [3.8, 4) is 5.69 Å². The normalized spacial score (nSPS) is 15.9. The zero-order valence-electron chi connectivity index (χ0n) is 13.5. The molecular weight excluding hydrogens is 324 g/mol. The van der Waals surface area contributed by atoms with Gasteiger partial charge in [0.1, 0.15) is 5.69 Å². The molecule has 0 amide bonds. The van der Waals surface area contributed by atoms with E-state index >= 15 is 0 Å². The molecule has 4 rings (SSSR count). The van der Waals surface area contributed by atoms with Crippen molar-refractivity contribution < 1.29 is 0 Å². The fourth-order valence-electron chi connectivity index (χ4n) is 3.23. The Bertz CT molecular complexity index is 848. The van der Waals surface area contributed by atoms with Gasteiger partial charge >= 0.3 is 0 Å². The maximum absolute atomic E-state index is 6.17. The van der Waals surface area contributed by atoms with Crippen molar-refractivity contribution >= 4 is 17.4 Å². The number of halogens is 1. The number of nitrogens with one attached hydrogen (secondary N) is 1. The van der Waals surface area contributed by atoms with Crippen molar-refractivity contribution in [2.24, 2.45) is 7.05 Å². The first-order valence-electron chi connectivity index (χ1n) is 8.06. The number of nitrogens with zero attached hydrogens (tertiary/aromatic N) is 5. The molecule has 0 aliphatic heterocycles. The standard InChI is InChI=1S/C17H19ClN6/c1-23-11-15(9-20-23)24-21-10-16(22-24)19-12-17(6-3-7-17)13-4-2-5-14(18)8-13/h2,4-5,8-11H,3,6-7,12H2,1H3,(H,19,22). The van der Waals surface area contributed by atoms with E-state index in [1.54, 1.807) is 21.9 Å². The van der Waals surface area contributed by atoms with E-state index < -0.39 is 0 Å². The van der Waals surface area contributed by atoms with Gasteiger partial charge in [0, 0.05) is 24.0 Å². The van der Waals surface area contributed by atoms with Crippen LogP contribution in [0, 0.1) is 0 Å². The van der Waals surface area contributed by atoms with Gasteiger partial charge in [0.25, 0.3) is 0 Å². The highest BCUT2D eigenvalue weighted by atomic mass is 35.5. The molecule has 6 nitrogen and oxygen atoms in total. The van der Waals surface area contributed by atoms with E-state index in [2.05, 4.69) is 32.7 Å². The summed E-state index contributed by atoms with van der Waals surface area (Å²) in [5.74, 6) is 0.771. The van der Waals surface area contributed by atoms with Crippen LogP contribution in [0.4, 0.5) is 5.82 Å². The molecule has 1 N–H and O–H groups in total. The highest BCUT2D eigenvalue weighted by Crippen LogP contribution is 2.44. The van der Waals surface area contributed by atoms with Crippen LogP contribution < -0.4 is 5.32 Å². The van der Waals surface area contributed by atoms with Gasteiger partial charge in [-0.15, -0.1) is 9.90 Å². The molecule has 2 aromatic heterocycles. The van der Waals surface area contributed by atoms with Gasteiger partial charge in [-0.1, -0.05) is 30.2 Å². The minimum absolute atomic E-state index is 0.142. The molecule has 1 aromatic carbocycles. The average molecular weight is 343 g/mol. The summed E-state index contributed by atoms with van der Waals surface area (Å²) >= 11 is 6.17. The molecule has 3 aromatic rings. The quantitative estimate of drug-likeness (QED) is 0.773. The average Bonchev–Trinajstić information content (AvgIpc) is 3.15. The molecule has 124 valence electrons. The van der Waals surface area contributed by atoms with Crippen molar-refractivity contribution in [2.45, 2.75) is 24.7 Å². The zero-order chi connectivity index (χ0) is 16.6. The Kier molecular flexibility index (Phi) is 3.76. The maximum atomic E-state index is 6.17.